The summed E-state index contributed by atoms with van der Waals surface area (Å²) in [7, 11) is 0. The van der Waals surface area contributed by atoms with Crippen molar-refractivity contribution in [2.75, 3.05) is 0 Å². The maximum Gasteiger partial charge on any atom is 0.148 e. The first-order valence-corrected chi connectivity index (χ1v) is 17.7. The number of hydrogen-bond donors (Lipinski definition) is 1. The number of phenols is 1. The minimum Gasteiger partial charge on any atom is -0.507 e. The number of benzene rings is 7. The van der Waals surface area contributed by atoms with Crippen molar-refractivity contribution in [2.45, 2.75) is 6.85 Å². The van der Waals surface area contributed by atoms with E-state index in [4.69, 9.17) is 18.5 Å². The van der Waals surface area contributed by atoms with Crippen LogP contribution in [0.4, 0.5) is 0 Å². The fourth-order valence-corrected chi connectivity index (χ4v) is 7.45. The number of aromatic nitrogens is 3. The molecule has 0 fully saturated rings. The van der Waals surface area contributed by atoms with Crippen LogP contribution in [-0.4, -0.2) is 19.6 Å². The first kappa shape index (κ1) is 30.9. The Morgan fingerprint density at radius 1 is 0.655 bits per heavy atom. The second-order valence-corrected chi connectivity index (χ2v) is 13.3. The summed E-state index contributed by atoms with van der Waals surface area (Å²) in [6, 6.07) is 56.1. The van der Waals surface area contributed by atoms with Crippen molar-refractivity contribution in [3.8, 4) is 67.5 Å². The molecule has 0 radical (unpaired) electrons. The van der Waals surface area contributed by atoms with Crippen LogP contribution in [-0.2, 0) is 21.1 Å². The Bertz CT molecular complexity index is 3140. The molecule has 3 heterocycles. The van der Waals surface area contributed by atoms with Gasteiger partial charge in [0.1, 0.15) is 17.2 Å². The molecule has 0 amide bonds. The Labute approximate surface area is 336 Å². The SMILES string of the molecule is [2H]C([2H])([2H])c1ccc(-n2c(-c3ccccc3O)nc3c(-c4[c-]c(-c5cc(-c6ccccc6)ccn5)cc5c4oc4ccccc45)cccc32)c(-c2ccccc2)c1.[Pt]. The van der Waals surface area contributed by atoms with Gasteiger partial charge in [-0.05, 0) is 71.4 Å². The summed E-state index contributed by atoms with van der Waals surface area (Å²) in [4.78, 5) is 10.2. The number of fused-ring (bicyclic) bond motifs is 4. The normalized spacial score (nSPS) is 12.3. The maximum atomic E-state index is 11.3. The van der Waals surface area contributed by atoms with Crippen LogP contribution < -0.4 is 0 Å². The molecule has 0 unspecified atom stereocenters. The van der Waals surface area contributed by atoms with E-state index in [9.17, 15) is 5.11 Å². The van der Waals surface area contributed by atoms with E-state index in [1.165, 1.54) is 0 Å². The Hall–Kier alpha value is -6.55. The van der Waals surface area contributed by atoms with Gasteiger partial charge in [0.05, 0.1) is 27.9 Å². The van der Waals surface area contributed by atoms with Crippen LogP contribution in [0, 0.1) is 12.9 Å². The molecule has 55 heavy (non-hydrogen) atoms. The van der Waals surface area contributed by atoms with E-state index < -0.39 is 6.85 Å². The van der Waals surface area contributed by atoms with E-state index in [0.717, 1.165) is 55.4 Å². The predicted octanol–water partition coefficient (Wildman–Crippen LogP) is 12.5. The van der Waals surface area contributed by atoms with E-state index >= 15 is 0 Å². The molecule has 10 aromatic rings. The molecule has 10 rings (SSSR count). The van der Waals surface area contributed by atoms with Crippen LogP contribution in [0.1, 0.15) is 9.68 Å². The minimum atomic E-state index is -2.32. The van der Waals surface area contributed by atoms with Gasteiger partial charge in [0.25, 0.3) is 0 Å². The van der Waals surface area contributed by atoms with Crippen molar-refractivity contribution < 1.29 is 34.7 Å². The van der Waals surface area contributed by atoms with Crippen LogP contribution in [0.25, 0.3) is 94.7 Å². The first-order chi connectivity index (χ1) is 27.8. The third-order valence-electron chi connectivity index (χ3n) is 9.97. The van der Waals surface area contributed by atoms with Gasteiger partial charge in [0.2, 0.25) is 0 Å². The Morgan fingerprint density at radius 2 is 1.40 bits per heavy atom. The zero-order chi connectivity index (χ0) is 38.7. The van der Waals surface area contributed by atoms with Gasteiger partial charge in [-0.2, -0.15) is 0 Å². The Balaban J connectivity index is 0.00000436. The number of pyridine rings is 1. The smallest absolute Gasteiger partial charge is 0.148 e. The molecule has 0 atom stereocenters. The van der Waals surface area contributed by atoms with Crippen LogP contribution >= 0.6 is 0 Å². The fourth-order valence-electron chi connectivity index (χ4n) is 7.45. The zero-order valence-corrected chi connectivity index (χ0v) is 31.5. The standard InChI is InChI=1S/C49H32N3O2.Pt/c1-31-23-24-43(39(27-31)33-15-6-3-7-16-33)52-44-20-12-19-37(47(44)51-49(52)38-18-8-10-21-45(38)53)41-29-35(28-40-36-17-9-11-22-46(36)54-48(40)41)42-30-34(25-26-50-42)32-13-4-2-5-14-32;/h2-28,30,53H,1H3;/q-1;/i1D3;. The average molecular weight is 893 g/mol. The molecule has 0 bridgehead atoms. The van der Waals surface area contributed by atoms with Gasteiger partial charge >= 0.3 is 0 Å². The predicted molar refractivity (Wildman–Crippen MR) is 219 cm³/mol. The number of imidazole rings is 1. The van der Waals surface area contributed by atoms with Gasteiger partial charge in [-0.1, -0.05) is 138 Å². The molecule has 0 aliphatic heterocycles. The number of hydrogen-bond acceptors (Lipinski definition) is 4. The molecule has 3 aromatic heterocycles. The molecular formula is C49H32N3O2Pt-. The van der Waals surface area contributed by atoms with Crippen LogP contribution in [0.15, 0.2) is 174 Å². The molecule has 0 aliphatic carbocycles. The van der Waals surface area contributed by atoms with Crippen molar-refractivity contribution in [3.05, 3.63) is 182 Å². The molecule has 266 valence electrons. The van der Waals surface area contributed by atoms with E-state index in [1.807, 2.05) is 120 Å². The summed E-state index contributed by atoms with van der Waals surface area (Å²) < 4.78 is 33.4. The van der Waals surface area contributed by atoms with Gasteiger partial charge in [0, 0.05) is 48.0 Å². The second kappa shape index (κ2) is 14.0. The van der Waals surface area contributed by atoms with Crippen molar-refractivity contribution in [3.63, 3.8) is 0 Å². The summed E-state index contributed by atoms with van der Waals surface area (Å²) in [6.07, 6.45) is 1.83. The summed E-state index contributed by atoms with van der Waals surface area (Å²) in [6.45, 7) is -2.32. The number of phenolic OH excluding ortho intramolecular Hbond substituents is 1. The third kappa shape index (κ3) is 5.94. The molecule has 6 heteroatoms. The second-order valence-electron chi connectivity index (χ2n) is 13.3. The summed E-state index contributed by atoms with van der Waals surface area (Å²) >= 11 is 0. The quantitative estimate of drug-likeness (QED) is 0.169. The Morgan fingerprint density at radius 3 is 2.22 bits per heavy atom. The largest absolute Gasteiger partial charge is 0.507 e. The van der Waals surface area contributed by atoms with Crippen LogP contribution in [0.3, 0.4) is 0 Å². The van der Waals surface area contributed by atoms with E-state index in [0.29, 0.717) is 39.3 Å². The van der Waals surface area contributed by atoms with E-state index in [2.05, 4.69) is 36.4 Å². The molecule has 7 aromatic carbocycles. The van der Waals surface area contributed by atoms with Crippen molar-refractivity contribution >= 4 is 33.0 Å². The molecule has 0 spiro atoms. The molecule has 5 nitrogen and oxygen atoms in total. The molecule has 0 saturated carbocycles. The number of aryl methyl sites for hydroxylation is 1. The number of para-hydroxylation sites is 3. The molecular weight excluding hydrogens is 858 g/mol. The average Bonchev–Trinajstić information content (AvgIpc) is 3.83. The maximum absolute atomic E-state index is 11.3. The van der Waals surface area contributed by atoms with Gasteiger partial charge < -0.3 is 9.52 Å². The van der Waals surface area contributed by atoms with Gasteiger partial charge in [-0.15, -0.1) is 12.1 Å². The number of aromatic hydroxyl groups is 1. The van der Waals surface area contributed by atoms with Crippen LogP contribution in [0.5, 0.6) is 5.75 Å². The topological polar surface area (TPSA) is 64.1 Å². The van der Waals surface area contributed by atoms with Crippen molar-refractivity contribution in [1.29, 1.82) is 0 Å². The summed E-state index contributed by atoms with van der Waals surface area (Å²) in [5, 5.41) is 13.2. The Kier molecular flexibility index (Phi) is 7.87. The minimum absolute atomic E-state index is 0. The zero-order valence-electron chi connectivity index (χ0n) is 32.2. The summed E-state index contributed by atoms with van der Waals surface area (Å²) in [5.74, 6) is 0.553. The fraction of sp³-hybridized carbons (Fsp3) is 0.0204. The van der Waals surface area contributed by atoms with Crippen LogP contribution in [0.2, 0.25) is 0 Å². The third-order valence-corrected chi connectivity index (χ3v) is 9.97. The summed E-state index contributed by atoms with van der Waals surface area (Å²) in [5.41, 5.74) is 11.0. The number of furan rings is 1. The van der Waals surface area contributed by atoms with Crippen molar-refractivity contribution in [1.82, 2.24) is 14.5 Å². The molecule has 0 aliphatic rings. The monoisotopic (exact) mass is 892 g/mol. The van der Waals surface area contributed by atoms with Gasteiger partial charge in [-0.25, -0.2) is 4.98 Å². The molecule has 1 N–H and O–H groups in total. The van der Waals surface area contributed by atoms with Crippen molar-refractivity contribution in [2.24, 2.45) is 0 Å². The first-order valence-electron chi connectivity index (χ1n) is 19.2. The van der Waals surface area contributed by atoms with E-state index in [1.54, 1.807) is 24.3 Å². The number of rotatable bonds is 6. The van der Waals surface area contributed by atoms with Gasteiger partial charge in [-0.3, -0.25) is 9.55 Å². The van der Waals surface area contributed by atoms with Gasteiger partial charge in [0.15, 0.2) is 0 Å². The van der Waals surface area contributed by atoms with E-state index in [-0.39, 0.29) is 32.4 Å². The number of nitrogens with zero attached hydrogens (tertiary/aromatic N) is 3. The molecule has 0 saturated heterocycles.